The molecule has 63 heavy (non-hydrogen) atoms. The van der Waals surface area contributed by atoms with Crippen LogP contribution in [0.25, 0.3) is 0 Å². The van der Waals surface area contributed by atoms with Crippen LogP contribution in [0.15, 0.2) is 94.4 Å². The van der Waals surface area contributed by atoms with Crippen molar-refractivity contribution in [2.24, 2.45) is 5.92 Å². The molecule has 2 aromatic rings. The molecule has 3 aliphatic heterocycles. The Balaban J connectivity index is 1.38. The van der Waals surface area contributed by atoms with Crippen molar-refractivity contribution in [2.45, 2.75) is 93.8 Å². The van der Waals surface area contributed by atoms with E-state index in [9.17, 15) is 52.1 Å². The van der Waals surface area contributed by atoms with E-state index in [4.69, 9.17) is 4.74 Å². The number of allylic oxidation sites excluding steroid dienone is 8. The van der Waals surface area contributed by atoms with Crippen LogP contribution < -0.4 is 4.90 Å². The van der Waals surface area contributed by atoms with E-state index in [-0.39, 0.29) is 54.2 Å². The molecule has 3 heterocycles. The molecule has 0 radical (unpaired) electrons. The van der Waals surface area contributed by atoms with Crippen molar-refractivity contribution in [1.82, 2.24) is 4.31 Å². The molecule has 3 N–H and O–H groups in total. The summed E-state index contributed by atoms with van der Waals surface area (Å²) >= 11 is 0. The zero-order chi connectivity index (χ0) is 46.6. The lowest BCUT2D eigenvalue weighted by atomic mass is 9.81. The smallest absolute Gasteiger partial charge is 0.309 e. The largest absolute Gasteiger partial charge is 0.466 e. The highest BCUT2D eigenvalue weighted by molar-refractivity contribution is 7.89. The van der Waals surface area contributed by atoms with Gasteiger partial charge in [0.2, 0.25) is 15.7 Å². The summed E-state index contributed by atoms with van der Waals surface area (Å²) in [6, 6.07) is 9.36. The molecule has 2 aromatic carbocycles. The topological polar surface area (TPSA) is 233 Å². The zero-order valence-corrected chi connectivity index (χ0v) is 39.4. The average Bonchev–Trinajstić information content (AvgIpc) is 3.54. The number of carbonyl (C=O) groups excluding carboxylic acids is 1. The minimum absolute atomic E-state index is 0.128. The zero-order valence-electron chi connectivity index (χ0n) is 36.2. The molecule has 5 rings (SSSR count). The minimum Gasteiger partial charge on any atom is -0.466 e. The van der Waals surface area contributed by atoms with Crippen LogP contribution in [0, 0.1) is 5.92 Å². The lowest BCUT2D eigenvalue weighted by Gasteiger charge is -2.30. The summed E-state index contributed by atoms with van der Waals surface area (Å²) < 4.78 is 134. The second kappa shape index (κ2) is 19.6. The third kappa shape index (κ3) is 12.0. The summed E-state index contributed by atoms with van der Waals surface area (Å²) in [5.74, 6) is -1.46. The number of sulfonamides is 1. The van der Waals surface area contributed by atoms with Crippen LogP contribution in [0.3, 0.4) is 0 Å². The van der Waals surface area contributed by atoms with Crippen molar-refractivity contribution in [3.63, 3.8) is 0 Å². The number of piperidine rings is 1. The van der Waals surface area contributed by atoms with E-state index in [0.29, 0.717) is 50.0 Å². The van der Waals surface area contributed by atoms with Gasteiger partial charge in [-0.1, -0.05) is 44.2 Å². The number of ether oxygens (including phenoxy) is 1. The number of rotatable bonds is 19. The molecule has 1 fully saturated rings. The standard InChI is InChI=1S/C43H57N3O13S4/c1-6-59-41(47)32-22-26-44(27-23-32)62(54,55)33-18-20-37-35(30-33)42(2,3)39(45(37)24-12-14-28-60(48,49)50)16-10-8-7-9-11-17-40-43(4,5)36-31-34(63(56,57)58)19-21-38(36)46(40)25-13-15-29-61(51,52)53/h7-11,16-21,30-32H,6,12-15,22-29H2,1-5H3,(H2-,48,49,50,51,52,53,56,57,58)/p+1. The molecule has 0 bridgehead atoms. The molecule has 0 aromatic heterocycles. The predicted octanol–water partition coefficient (Wildman–Crippen LogP) is 5.96. The highest BCUT2D eigenvalue weighted by Gasteiger charge is 2.46. The number of carbonyl (C=O) groups is 1. The number of benzene rings is 2. The van der Waals surface area contributed by atoms with Gasteiger partial charge in [0, 0.05) is 60.6 Å². The van der Waals surface area contributed by atoms with Crippen LogP contribution in [0.2, 0.25) is 0 Å². The molecule has 16 nitrogen and oxygen atoms in total. The van der Waals surface area contributed by atoms with Crippen molar-refractivity contribution < 1.29 is 61.4 Å². The molecular formula is C43H58N3O13S4+. The number of esters is 1. The van der Waals surface area contributed by atoms with Crippen LogP contribution in [-0.4, -0.2) is 112 Å². The Labute approximate surface area is 372 Å². The Kier molecular flexibility index (Phi) is 15.6. The van der Waals surface area contributed by atoms with E-state index >= 15 is 0 Å². The second-order valence-electron chi connectivity index (χ2n) is 16.9. The molecule has 20 heteroatoms. The maximum Gasteiger partial charge on any atom is 0.309 e. The highest BCUT2D eigenvalue weighted by Crippen LogP contribution is 2.48. The summed E-state index contributed by atoms with van der Waals surface area (Å²) in [6.45, 7) is 10.9. The first kappa shape index (κ1) is 50.0. The van der Waals surface area contributed by atoms with Crippen molar-refractivity contribution >= 4 is 63.4 Å². The maximum atomic E-state index is 13.9. The quantitative estimate of drug-likeness (QED) is 0.0485. The molecule has 0 atom stereocenters. The first-order chi connectivity index (χ1) is 29.3. The molecule has 0 aliphatic carbocycles. The predicted molar refractivity (Wildman–Crippen MR) is 241 cm³/mol. The fourth-order valence-electron chi connectivity index (χ4n) is 8.45. The molecular weight excluding hydrogens is 895 g/mol. The van der Waals surface area contributed by atoms with Gasteiger partial charge in [0.05, 0.1) is 39.2 Å². The van der Waals surface area contributed by atoms with Gasteiger partial charge < -0.3 is 9.64 Å². The van der Waals surface area contributed by atoms with Gasteiger partial charge >= 0.3 is 5.97 Å². The van der Waals surface area contributed by atoms with Gasteiger partial charge in [0.25, 0.3) is 30.4 Å². The summed E-state index contributed by atoms with van der Waals surface area (Å²) in [5.41, 5.74) is 3.14. The Morgan fingerprint density at radius 3 is 1.97 bits per heavy atom. The van der Waals surface area contributed by atoms with Crippen LogP contribution in [0.1, 0.15) is 84.3 Å². The van der Waals surface area contributed by atoms with E-state index in [0.717, 1.165) is 22.7 Å². The van der Waals surface area contributed by atoms with Gasteiger partial charge in [-0.2, -0.15) is 34.1 Å². The third-order valence-electron chi connectivity index (χ3n) is 11.8. The Hall–Kier alpha value is -4.02. The Morgan fingerprint density at radius 2 is 1.35 bits per heavy atom. The van der Waals surface area contributed by atoms with Crippen LogP contribution in [0.4, 0.5) is 11.4 Å². The van der Waals surface area contributed by atoms with Crippen molar-refractivity contribution in [2.75, 3.05) is 49.2 Å². The number of hydrogen-bond acceptors (Lipinski definition) is 11. The first-order valence-electron chi connectivity index (χ1n) is 20.8. The Bertz CT molecular complexity index is 2670. The summed E-state index contributed by atoms with van der Waals surface area (Å²) in [7, 11) is -16.7. The fourth-order valence-corrected chi connectivity index (χ4v) is 11.6. The summed E-state index contributed by atoms with van der Waals surface area (Å²) in [4.78, 5) is 14.1. The molecule has 0 saturated carbocycles. The first-order valence-corrected chi connectivity index (χ1v) is 26.9. The highest BCUT2D eigenvalue weighted by atomic mass is 32.2. The lowest BCUT2D eigenvalue weighted by Crippen LogP contribution is -2.40. The van der Waals surface area contributed by atoms with Gasteiger partial charge in [-0.15, -0.1) is 0 Å². The van der Waals surface area contributed by atoms with E-state index in [1.54, 1.807) is 43.3 Å². The molecule has 0 spiro atoms. The van der Waals surface area contributed by atoms with Crippen molar-refractivity contribution in [3.8, 4) is 0 Å². The average molecular weight is 953 g/mol. The van der Waals surface area contributed by atoms with Gasteiger partial charge in [0.15, 0.2) is 5.71 Å². The van der Waals surface area contributed by atoms with Gasteiger partial charge in [-0.05, 0) is 94.8 Å². The molecule has 3 aliphatic rings. The van der Waals surface area contributed by atoms with E-state index < -0.39 is 62.7 Å². The monoisotopic (exact) mass is 952 g/mol. The lowest BCUT2D eigenvalue weighted by molar-refractivity contribution is -0.438. The van der Waals surface area contributed by atoms with E-state index in [1.165, 1.54) is 16.4 Å². The Morgan fingerprint density at radius 1 is 0.762 bits per heavy atom. The number of unbranched alkanes of at least 4 members (excludes halogenated alkanes) is 2. The molecule has 0 unspecified atom stereocenters. The van der Waals surface area contributed by atoms with Gasteiger partial charge in [0.1, 0.15) is 6.54 Å². The molecule has 1 saturated heterocycles. The van der Waals surface area contributed by atoms with Crippen molar-refractivity contribution in [3.05, 3.63) is 95.8 Å². The van der Waals surface area contributed by atoms with Gasteiger partial charge in [-0.3, -0.25) is 18.5 Å². The van der Waals surface area contributed by atoms with Crippen molar-refractivity contribution in [1.29, 1.82) is 0 Å². The van der Waals surface area contributed by atoms with Crippen LogP contribution in [0.5, 0.6) is 0 Å². The maximum absolute atomic E-state index is 13.9. The third-order valence-corrected chi connectivity index (χ3v) is 16.1. The summed E-state index contributed by atoms with van der Waals surface area (Å²) in [6.07, 6.45) is 14.8. The van der Waals surface area contributed by atoms with E-state index in [2.05, 4.69) is 0 Å². The summed E-state index contributed by atoms with van der Waals surface area (Å²) in [5, 5.41) is 0. The van der Waals surface area contributed by atoms with Gasteiger partial charge in [-0.25, -0.2) is 8.42 Å². The normalized spacial score (nSPS) is 19.2. The van der Waals surface area contributed by atoms with E-state index in [1.807, 2.05) is 67.6 Å². The fraction of sp³-hybridized carbons (Fsp3) is 0.488. The number of hydrogen-bond donors (Lipinski definition) is 3. The molecule has 0 amide bonds. The van der Waals surface area contributed by atoms with Crippen LogP contribution >= 0.6 is 0 Å². The number of anilines is 1. The van der Waals surface area contributed by atoms with Crippen LogP contribution in [-0.2, 0) is 60.7 Å². The second-order valence-corrected chi connectivity index (χ2v) is 23.4. The SMILES string of the molecule is CCOC(=O)C1CCN(S(=O)(=O)c2ccc3c(c2)C(C)(C)C(/C=C/C=C/C=C/C=C2/N(CCCCS(=O)(=O)O)c4ccc(S(=O)(=O)O)cc4C2(C)C)=[N+]3CCCCS(=O)(=O)O)CC1. The minimum atomic E-state index is -4.47. The number of nitrogens with zero attached hydrogens (tertiary/aromatic N) is 3. The molecule has 346 valence electrons. The number of fused-ring (bicyclic) bond motifs is 2.